The SMILES string of the molecule is CN1CC[C@@H](COc2nc(N(C)CC3(N(C)C)CCC3)c3cnc(-c4cc(F)c(F)c5sc(N)c(C#N)c45)c(F)c3n2)C1. The van der Waals surface area contributed by atoms with E-state index in [1.165, 1.54) is 6.20 Å². The van der Waals surface area contributed by atoms with Crippen LogP contribution in [0.3, 0.4) is 0 Å². The monoisotopic (exact) mass is 610 g/mol. The summed E-state index contributed by atoms with van der Waals surface area (Å²) in [7, 11) is 8.07. The molecule has 0 bridgehead atoms. The number of nitrogen functional groups attached to an aromatic ring is 1. The minimum absolute atomic E-state index is 0.00902. The number of rotatable bonds is 8. The molecule has 4 heterocycles. The summed E-state index contributed by atoms with van der Waals surface area (Å²) in [5.74, 6) is -2.45. The van der Waals surface area contributed by atoms with Gasteiger partial charge in [-0.15, -0.1) is 11.3 Å². The number of halogens is 3. The molecule has 2 N–H and O–H groups in total. The second-order valence-electron chi connectivity index (χ2n) is 11.9. The van der Waals surface area contributed by atoms with Crippen LogP contribution in [-0.2, 0) is 0 Å². The second-order valence-corrected chi connectivity index (χ2v) is 13.0. The zero-order valence-corrected chi connectivity index (χ0v) is 25.4. The van der Waals surface area contributed by atoms with Gasteiger partial charge in [0.05, 0.1) is 22.3 Å². The number of ether oxygens (including phenoxy) is 1. The Labute approximate surface area is 251 Å². The normalized spacial score (nSPS) is 18.3. The fraction of sp³-hybridized carbons (Fsp3) is 0.467. The molecule has 1 aliphatic carbocycles. The first-order valence-corrected chi connectivity index (χ1v) is 15.0. The number of fused-ring (bicyclic) bond motifs is 2. The van der Waals surface area contributed by atoms with Gasteiger partial charge in [-0.05, 0) is 59.4 Å². The van der Waals surface area contributed by atoms with Crippen molar-refractivity contribution in [3.8, 4) is 23.3 Å². The maximum atomic E-state index is 16.5. The van der Waals surface area contributed by atoms with E-state index in [4.69, 9.17) is 15.5 Å². The van der Waals surface area contributed by atoms with Crippen LogP contribution in [0.5, 0.6) is 6.01 Å². The molecule has 1 atom stereocenters. The zero-order valence-electron chi connectivity index (χ0n) is 24.5. The molecule has 6 rings (SSSR count). The average Bonchev–Trinajstić information content (AvgIpc) is 3.53. The number of thiophene rings is 1. The zero-order chi connectivity index (χ0) is 30.6. The summed E-state index contributed by atoms with van der Waals surface area (Å²) in [6.45, 7) is 2.87. The van der Waals surface area contributed by atoms with Crippen molar-refractivity contribution in [1.29, 1.82) is 5.26 Å². The van der Waals surface area contributed by atoms with Gasteiger partial charge in [0.25, 0.3) is 0 Å². The van der Waals surface area contributed by atoms with E-state index in [-0.39, 0.29) is 49.0 Å². The van der Waals surface area contributed by atoms with Crippen molar-refractivity contribution in [2.24, 2.45) is 5.92 Å². The Bertz CT molecular complexity index is 1770. The van der Waals surface area contributed by atoms with E-state index in [1.54, 1.807) is 0 Å². The number of benzene rings is 1. The summed E-state index contributed by atoms with van der Waals surface area (Å²) in [4.78, 5) is 20.0. The number of likely N-dealkylation sites (tertiary alicyclic amines) is 1. The van der Waals surface area contributed by atoms with E-state index in [2.05, 4.69) is 40.9 Å². The van der Waals surface area contributed by atoms with Crippen molar-refractivity contribution in [1.82, 2.24) is 24.8 Å². The largest absolute Gasteiger partial charge is 0.463 e. The highest BCUT2D eigenvalue weighted by molar-refractivity contribution is 7.23. The van der Waals surface area contributed by atoms with Crippen LogP contribution in [0.25, 0.3) is 32.2 Å². The number of hydrogen-bond donors (Lipinski definition) is 1. The van der Waals surface area contributed by atoms with Gasteiger partial charge in [0.2, 0.25) is 0 Å². The van der Waals surface area contributed by atoms with Crippen molar-refractivity contribution < 1.29 is 17.9 Å². The van der Waals surface area contributed by atoms with Gasteiger partial charge in [0.15, 0.2) is 17.5 Å². The third-order valence-corrected chi connectivity index (χ3v) is 9.97. The minimum Gasteiger partial charge on any atom is -0.463 e. The number of nitriles is 1. The summed E-state index contributed by atoms with van der Waals surface area (Å²) in [6, 6.07) is 2.82. The van der Waals surface area contributed by atoms with E-state index >= 15 is 4.39 Å². The number of hydrogen-bond acceptors (Lipinski definition) is 10. The molecule has 0 radical (unpaired) electrons. The summed E-state index contributed by atoms with van der Waals surface area (Å²) in [5.41, 5.74) is 5.44. The van der Waals surface area contributed by atoms with Crippen LogP contribution < -0.4 is 15.4 Å². The van der Waals surface area contributed by atoms with Gasteiger partial charge >= 0.3 is 6.01 Å². The Hall–Kier alpha value is -3.73. The van der Waals surface area contributed by atoms with E-state index in [9.17, 15) is 14.0 Å². The molecule has 1 aliphatic heterocycles. The first kappa shape index (κ1) is 29.3. The van der Waals surface area contributed by atoms with Crippen LogP contribution in [-0.4, -0.2) is 84.7 Å². The first-order chi connectivity index (χ1) is 20.5. The molecular weight excluding hydrogens is 577 g/mol. The van der Waals surface area contributed by atoms with Gasteiger partial charge in [0, 0.05) is 48.7 Å². The molecule has 3 aromatic heterocycles. The molecule has 0 unspecified atom stereocenters. The standard InChI is InChI=1S/C30H33F3N8OS/c1-39(2)30(7-5-8-30)15-41(4)28-19-12-36-24(17-10-20(31)22(32)26-21(17)18(11-34)27(35)43-26)23(33)25(19)37-29(38-28)42-14-16-6-9-40(3)13-16/h10,12,16H,5-9,13-15,35H2,1-4H3/t16-/m1/s1. The van der Waals surface area contributed by atoms with Gasteiger partial charge in [-0.1, -0.05) is 0 Å². The molecular formula is C30H33F3N8OS. The van der Waals surface area contributed by atoms with Gasteiger partial charge in [-0.3, -0.25) is 4.98 Å². The van der Waals surface area contributed by atoms with Gasteiger partial charge in [0.1, 0.15) is 28.1 Å². The van der Waals surface area contributed by atoms with Crippen LogP contribution in [0.15, 0.2) is 12.3 Å². The predicted octanol–water partition coefficient (Wildman–Crippen LogP) is 5.03. The molecule has 2 aliphatic rings. The molecule has 1 saturated heterocycles. The second kappa shape index (κ2) is 11.1. The van der Waals surface area contributed by atoms with Gasteiger partial charge < -0.3 is 25.2 Å². The predicted molar refractivity (Wildman–Crippen MR) is 162 cm³/mol. The summed E-state index contributed by atoms with van der Waals surface area (Å²) in [6.07, 6.45) is 5.59. The number of anilines is 2. The van der Waals surface area contributed by atoms with E-state index < -0.39 is 17.5 Å². The summed E-state index contributed by atoms with van der Waals surface area (Å²) < 4.78 is 51.9. The van der Waals surface area contributed by atoms with Crippen molar-refractivity contribution >= 4 is 43.1 Å². The van der Waals surface area contributed by atoms with Gasteiger partial charge in [-0.25, -0.2) is 13.2 Å². The Balaban J connectivity index is 1.50. The Morgan fingerprint density at radius 1 is 1.21 bits per heavy atom. The third kappa shape index (κ3) is 5.01. The molecule has 2 fully saturated rings. The number of nitrogens with two attached hydrogens (primary N) is 1. The number of pyridine rings is 1. The maximum absolute atomic E-state index is 16.5. The molecule has 43 heavy (non-hydrogen) atoms. The Kier molecular flexibility index (Phi) is 7.56. The molecule has 0 spiro atoms. The fourth-order valence-electron chi connectivity index (χ4n) is 6.30. The van der Waals surface area contributed by atoms with E-state index in [0.717, 1.165) is 56.2 Å². The number of aromatic nitrogens is 3. The van der Waals surface area contributed by atoms with Crippen LogP contribution in [0.2, 0.25) is 0 Å². The topological polar surface area (TPSA) is 107 Å². The molecule has 1 aromatic carbocycles. The lowest BCUT2D eigenvalue weighted by Gasteiger charge is -2.49. The van der Waals surface area contributed by atoms with Crippen molar-refractivity contribution in [2.45, 2.75) is 31.2 Å². The number of likely N-dealkylation sites (N-methyl/N-ethyl adjacent to an activating group) is 2. The van der Waals surface area contributed by atoms with E-state index in [0.29, 0.717) is 30.3 Å². The molecule has 13 heteroatoms. The van der Waals surface area contributed by atoms with Crippen molar-refractivity contribution in [3.05, 3.63) is 35.3 Å². The smallest absolute Gasteiger partial charge is 0.319 e. The first-order valence-electron chi connectivity index (χ1n) is 14.2. The van der Waals surface area contributed by atoms with Crippen molar-refractivity contribution in [2.75, 3.05) is 65.1 Å². The molecule has 0 amide bonds. The average molecular weight is 611 g/mol. The van der Waals surface area contributed by atoms with Crippen LogP contribution in [0.1, 0.15) is 31.2 Å². The lowest BCUT2D eigenvalue weighted by atomic mass is 9.75. The van der Waals surface area contributed by atoms with E-state index in [1.807, 2.05) is 18.0 Å². The molecule has 4 aromatic rings. The van der Waals surface area contributed by atoms with Crippen LogP contribution in [0, 0.1) is 34.7 Å². The lowest BCUT2D eigenvalue weighted by Crippen LogP contribution is -2.56. The van der Waals surface area contributed by atoms with Crippen LogP contribution >= 0.6 is 11.3 Å². The number of nitrogens with zero attached hydrogens (tertiary/aromatic N) is 7. The third-order valence-electron chi connectivity index (χ3n) is 8.96. The summed E-state index contributed by atoms with van der Waals surface area (Å²) in [5, 5.41) is 10.1. The molecule has 9 nitrogen and oxygen atoms in total. The minimum atomic E-state index is -1.20. The Morgan fingerprint density at radius 2 is 1.98 bits per heavy atom. The molecule has 226 valence electrons. The lowest BCUT2D eigenvalue weighted by molar-refractivity contribution is 0.0682. The fourth-order valence-corrected chi connectivity index (χ4v) is 7.27. The van der Waals surface area contributed by atoms with Gasteiger partial charge in [-0.2, -0.15) is 15.2 Å². The highest BCUT2D eigenvalue weighted by Gasteiger charge is 2.40. The van der Waals surface area contributed by atoms with Crippen LogP contribution in [0.4, 0.5) is 24.0 Å². The maximum Gasteiger partial charge on any atom is 0.319 e. The molecule has 1 saturated carbocycles. The Morgan fingerprint density at radius 3 is 2.60 bits per heavy atom. The van der Waals surface area contributed by atoms with Crippen molar-refractivity contribution in [3.63, 3.8) is 0 Å². The highest BCUT2D eigenvalue weighted by atomic mass is 32.1. The quantitative estimate of drug-likeness (QED) is 0.294. The summed E-state index contributed by atoms with van der Waals surface area (Å²) >= 11 is 0.735. The highest BCUT2D eigenvalue weighted by Crippen LogP contribution is 2.43.